The molecule has 106 valence electrons. The van der Waals surface area contributed by atoms with Gasteiger partial charge in [0, 0.05) is 6.54 Å². The minimum atomic E-state index is -4.39. The van der Waals surface area contributed by atoms with E-state index in [0.717, 1.165) is 16.0 Å². The molecule has 0 fully saturated rings. The molecule has 0 radical (unpaired) electrons. The third kappa shape index (κ3) is 6.81. The SMILES string of the molecule is Cc1ccc(CCN(CC(=O)O)CC(F)(F)F)cc1. The Hall–Kier alpha value is -1.56. The number of carbonyl (C=O) groups is 1. The lowest BCUT2D eigenvalue weighted by Gasteiger charge is -2.21. The zero-order chi connectivity index (χ0) is 14.5. The maximum Gasteiger partial charge on any atom is 0.401 e. The first-order valence-electron chi connectivity index (χ1n) is 5.83. The molecule has 0 heterocycles. The van der Waals surface area contributed by atoms with Crippen LogP contribution in [0.2, 0.25) is 0 Å². The van der Waals surface area contributed by atoms with Gasteiger partial charge in [0.2, 0.25) is 0 Å². The van der Waals surface area contributed by atoms with Crippen molar-refractivity contribution in [1.29, 1.82) is 0 Å². The van der Waals surface area contributed by atoms with Crippen LogP contribution in [0.25, 0.3) is 0 Å². The van der Waals surface area contributed by atoms with E-state index in [-0.39, 0.29) is 6.54 Å². The first-order valence-corrected chi connectivity index (χ1v) is 5.83. The molecule has 0 atom stereocenters. The van der Waals surface area contributed by atoms with Gasteiger partial charge in [-0.15, -0.1) is 0 Å². The fraction of sp³-hybridized carbons (Fsp3) is 0.462. The van der Waals surface area contributed by atoms with Gasteiger partial charge in [-0.1, -0.05) is 29.8 Å². The highest BCUT2D eigenvalue weighted by Crippen LogP contribution is 2.16. The second-order valence-electron chi connectivity index (χ2n) is 4.46. The Morgan fingerprint density at radius 1 is 1.26 bits per heavy atom. The summed E-state index contributed by atoms with van der Waals surface area (Å²) in [6.07, 6.45) is -3.99. The number of hydrogen-bond donors (Lipinski definition) is 1. The van der Waals surface area contributed by atoms with E-state index in [1.807, 2.05) is 31.2 Å². The van der Waals surface area contributed by atoms with E-state index in [2.05, 4.69) is 0 Å². The molecule has 0 unspecified atom stereocenters. The van der Waals surface area contributed by atoms with E-state index in [4.69, 9.17) is 5.11 Å². The van der Waals surface area contributed by atoms with Crippen molar-refractivity contribution in [2.45, 2.75) is 19.5 Å². The van der Waals surface area contributed by atoms with Crippen LogP contribution in [0.15, 0.2) is 24.3 Å². The second-order valence-corrected chi connectivity index (χ2v) is 4.46. The van der Waals surface area contributed by atoms with Crippen LogP contribution in [0, 0.1) is 6.92 Å². The molecular weight excluding hydrogens is 259 g/mol. The predicted molar refractivity (Wildman–Crippen MR) is 65.0 cm³/mol. The molecule has 1 N–H and O–H groups in total. The minimum absolute atomic E-state index is 0.0644. The van der Waals surface area contributed by atoms with Gasteiger partial charge in [0.1, 0.15) is 0 Å². The van der Waals surface area contributed by atoms with Crippen molar-refractivity contribution in [3.63, 3.8) is 0 Å². The summed E-state index contributed by atoms with van der Waals surface area (Å²) >= 11 is 0. The number of nitrogens with zero attached hydrogens (tertiary/aromatic N) is 1. The normalized spacial score (nSPS) is 11.8. The molecule has 0 aromatic heterocycles. The predicted octanol–water partition coefficient (Wildman–Crippen LogP) is 2.49. The molecule has 0 spiro atoms. The first kappa shape index (κ1) is 15.5. The average Bonchev–Trinajstić information content (AvgIpc) is 2.25. The van der Waals surface area contributed by atoms with Gasteiger partial charge in [-0.05, 0) is 18.9 Å². The molecule has 0 saturated carbocycles. The van der Waals surface area contributed by atoms with E-state index < -0.39 is 25.2 Å². The van der Waals surface area contributed by atoms with Crippen LogP contribution in [-0.2, 0) is 11.2 Å². The molecule has 0 aliphatic heterocycles. The molecule has 1 rings (SSSR count). The smallest absolute Gasteiger partial charge is 0.401 e. The van der Waals surface area contributed by atoms with Crippen molar-refractivity contribution < 1.29 is 23.1 Å². The summed E-state index contributed by atoms with van der Waals surface area (Å²) in [4.78, 5) is 11.4. The third-order valence-corrected chi connectivity index (χ3v) is 2.60. The molecule has 3 nitrogen and oxygen atoms in total. The van der Waals surface area contributed by atoms with Gasteiger partial charge in [-0.25, -0.2) is 0 Å². The van der Waals surface area contributed by atoms with Crippen molar-refractivity contribution in [2.24, 2.45) is 0 Å². The average molecular weight is 275 g/mol. The number of rotatable bonds is 6. The summed E-state index contributed by atoms with van der Waals surface area (Å²) < 4.78 is 36.9. The maximum atomic E-state index is 12.3. The monoisotopic (exact) mass is 275 g/mol. The van der Waals surface area contributed by atoms with E-state index in [1.165, 1.54) is 0 Å². The van der Waals surface area contributed by atoms with Crippen molar-refractivity contribution in [3.8, 4) is 0 Å². The molecule has 6 heteroatoms. The number of aliphatic carboxylic acids is 1. The summed E-state index contributed by atoms with van der Waals surface area (Å²) in [5.41, 5.74) is 1.96. The van der Waals surface area contributed by atoms with E-state index >= 15 is 0 Å². The number of alkyl halides is 3. The molecule has 1 aromatic rings. The lowest BCUT2D eigenvalue weighted by atomic mass is 10.1. The molecule has 0 aliphatic carbocycles. The lowest BCUT2D eigenvalue weighted by molar-refractivity contribution is -0.153. The zero-order valence-corrected chi connectivity index (χ0v) is 10.6. The quantitative estimate of drug-likeness (QED) is 0.867. The van der Waals surface area contributed by atoms with Crippen LogP contribution in [0.4, 0.5) is 13.2 Å². The molecule has 19 heavy (non-hydrogen) atoms. The van der Waals surface area contributed by atoms with Gasteiger partial charge in [0.05, 0.1) is 13.1 Å². The molecule has 0 amide bonds. The number of aryl methyl sites for hydroxylation is 1. The Morgan fingerprint density at radius 2 is 1.84 bits per heavy atom. The Balaban J connectivity index is 2.57. The fourth-order valence-corrected chi connectivity index (χ4v) is 1.70. The van der Waals surface area contributed by atoms with E-state index in [0.29, 0.717) is 6.42 Å². The number of hydrogen-bond acceptors (Lipinski definition) is 2. The van der Waals surface area contributed by atoms with Crippen LogP contribution in [0.5, 0.6) is 0 Å². The largest absolute Gasteiger partial charge is 0.480 e. The second kappa shape index (κ2) is 6.56. The van der Waals surface area contributed by atoms with Gasteiger partial charge in [-0.3, -0.25) is 9.69 Å². The maximum absolute atomic E-state index is 12.3. The highest BCUT2D eigenvalue weighted by atomic mass is 19.4. The number of halogens is 3. The molecule has 0 aliphatic rings. The summed E-state index contributed by atoms with van der Waals surface area (Å²) in [5, 5.41) is 8.61. The Labute approximate surface area is 109 Å². The first-order chi connectivity index (χ1) is 8.76. The molecule has 0 bridgehead atoms. The van der Waals surface area contributed by atoms with Crippen LogP contribution < -0.4 is 0 Å². The summed E-state index contributed by atoms with van der Waals surface area (Å²) in [5.74, 6) is -1.26. The van der Waals surface area contributed by atoms with Gasteiger partial charge in [0.15, 0.2) is 0 Å². The van der Waals surface area contributed by atoms with Crippen molar-refractivity contribution in [1.82, 2.24) is 4.90 Å². The molecule has 1 aromatic carbocycles. The van der Waals surface area contributed by atoms with Crippen LogP contribution in [-0.4, -0.2) is 41.8 Å². The van der Waals surface area contributed by atoms with Crippen molar-refractivity contribution in [2.75, 3.05) is 19.6 Å². The highest BCUT2D eigenvalue weighted by molar-refractivity contribution is 5.69. The Bertz CT molecular complexity index is 415. The Morgan fingerprint density at radius 3 is 2.32 bits per heavy atom. The topological polar surface area (TPSA) is 40.5 Å². The highest BCUT2D eigenvalue weighted by Gasteiger charge is 2.31. The van der Waals surface area contributed by atoms with Crippen LogP contribution in [0.1, 0.15) is 11.1 Å². The van der Waals surface area contributed by atoms with Gasteiger partial charge in [-0.2, -0.15) is 13.2 Å². The van der Waals surface area contributed by atoms with E-state index in [9.17, 15) is 18.0 Å². The number of carboxylic acids is 1. The van der Waals surface area contributed by atoms with Crippen LogP contribution in [0.3, 0.4) is 0 Å². The number of carboxylic acid groups (broad SMARTS) is 1. The van der Waals surface area contributed by atoms with Gasteiger partial charge in [0.25, 0.3) is 0 Å². The molecular formula is C13H16F3NO2. The number of benzene rings is 1. The zero-order valence-electron chi connectivity index (χ0n) is 10.6. The summed E-state index contributed by atoms with van der Waals surface area (Å²) in [6, 6.07) is 7.42. The summed E-state index contributed by atoms with van der Waals surface area (Å²) in [6.45, 7) is 0.176. The minimum Gasteiger partial charge on any atom is -0.480 e. The van der Waals surface area contributed by atoms with Crippen molar-refractivity contribution in [3.05, 3.63) is 35.4 Å². The Kier molecular flexibility index (Phi) is 5.35. The molecule has 0 saturated heterocycles. The van der Waals surface area contributed by atoms with Crippen molar-refractivity contribution >= 4 is 5.97 Å². The van der Waals surface area contributed by atoms with E-state index in [1.54, 1.807) is 0 Å². The fourth-order valence-electron chi connectivity index (χ4n) is 1.70. The third-order valence-electron chi connectivity index (χ3n) is 2.60. The summed E-state index contributed by atoms with van der Waals surface area (Å²) in [7, 11) is 0. The lowest BCUT2D eigenvalue weighted by Crippen LogP contribution is -2.39. The van der Waals surface area contributed by atoms with Gasteiger partial charge < -0.3 is 5.11 Å². The van der Waals surface area contributed by atoms with Crippen LogP contribution >= 0.6 is 0 Å². The standard InChI is InChI=1S/C13H16F3NO2/c1-10-2-4-11(5-3-10)6-7-17(8-12(18)19)9-13(14,15)16/h2-5H,6-9H2,1H3,(H,18,19). The van der Waals surface area contributed by atoms with Gasteiger partial charge >= 0.3 is 12.1 Å².